The molecule has 0 bridgehead atoms. The van der Waals surface area contributed by atoms with Crippen LogP contribution in [0.5, 0.6) is 0 Å². The van der Waals surface area contributed by atoms with Crippen LogP contribution in [0.25, 0.3) is 0 Å². The van der Waals surface area contributed by atoms with E-state index in [4.69, 9.17) is 0 Å². The summed E-state index contributed by atoms with van der Waals surface area (Å²) in [6.07, 6.45) is 0.514. The minimum absolute atomic E-state index is 0.0601. The maximum atomic E-state index is 11.8. The fraction of sp³-hybridized carbons (Fsp3) is 0.417. The molecule has 1 saturated heterocycles. The fourth-order valence-corrected chi connectivity index (χ4v) is 3.56. The third-order valence-electron chi connectivity index (χ3n) is 2.88. The van der Waals surface area contributed by atoms with Crippen LogP contribution in [0.4, 0.5) is 0 Å². The van der Waals surface area contributed by atoms with Crippen molar-refractivity contribution in [2.24, 2.45) is 0 Å². The van der Waals surface area contributed by atoms with Crippen molar-refractivity contribution >= 4 is 15.7 Å². The molecule has 2 rings (SSSR count). The van der Waals surface area contributed by atoms with Crippen LogP contribution in [0.15, 0.2) is 24.3 Å². The average Bonchev–Trinajstić information content (AvgIpc) is 2.59. The summed E-state index contributed by atoms with van der Waals surface area (Å²) in [5.74, 6) is 0.0308. The topological polar surface area (TPSA) is 63.2 Å². The van der Waals surface area contributed by atoms with Gasteiger partial charge in [-0.3, -0.25) is 4.79 Å². The highest BCUT2D eigenvalue weighted by Gasteiger charge is 2.28. The highest BCUT2D eigenvalue weighted by atomic mass is 32.2. The molecule has 1 unspecified atom stereocenters. The zero-order chi connectivity index (χ0) is 12.5. The summed E-state index contributed by atoms with van der Waals surface area (Å²) in [5, 5.41) is 2.75. The molecule has 0 radical (unpaired) electrons. The van der Waals surface area contributed by atoms with Crippen molar-refractivity contribution in [1.82, 2.24) is 5.32 Å². The standard InChI is InChI=1S/C12H15NO3S/c1-9-2-4-10(5-3-9)12(14)13-11-6-7-17(15,16)8-11/h2-5,11H,6-8H2,1H3,(H,13,14). The van der Waals surface area contributed by atoms with E-state index in [-0.39, 0.29) is 23.5 Å². The van der Waals surface area contributed by atoms with Crippen molar-refractivity contribution in [2.45, 2.75) is 19.4 Å². The lowest BCUT2D eigenvalue weighted by molar-refractivity contribution is 0.0941. The molecule has 92 valence electrons. The van der Waals surface area contributed by atoms with Gasteiger partial charge in [0.1, 0.15) is 0 Å². The van der Waals surface area contributed by atoms with E-state index in [0.717, 1.165) is 5.56 Å². The van der Waals surface area contributed by atoms with Gasteiger partial charge in [0.25, 0.3) is 5.91 Å². The number of nitrogens with one attached hydrogen (secondary N) is 1. The summed E-state index contributed by atoms with van der Waals surface area (Å²) in [7, 11) is -2.94. The predicted octanol–water partition coefficient (Wildman–Crippen LogP) is 0.912. The van der Waals surface area contributed by atoms with Crippen molar-refractivity contribution in [3.8, 4) is 0 Å². The zero-order valence-corrected chi connectivity index (χ0v) is 10.5. The van der Waals surface area contributed by atoms with Crippen molar-refractivity contribution in [1.29, 1.82) is 0 Å². The number of aryl methyl sites for hydroxylation is 1. The van der Waals surface area contributed by atoms with Crippen LogP contribution < -0.4 is 5.32 Å². The summed E-state index contributed by atoms with van der Waals surface area (Å²) in [5.41, 5.74) is 1.66. The molecule has 17 heavy (non-hydrogen) atoms. The minimum atomic E-state index is -2.94. The largest absolute Gasteiger partial charge is 0.348 e. The molecule has 4 nitrogen and oxygen atoms in total. The number of sulfone groups is 1. The number of carbonyl (C=O) groups is 1. The quantitative estimate of drug-likeness (QED) is 0.852. The molecule has 1 heterocycles. The smallest absolute Gasteiger partial charge is 0.251 e. The first-order valence-corrected chi connectivity index (χ1v) is 7.36. The molecule has 1 fully saturated rings. The summed E-state index contributed by atoms with van der Waals surface area (Å²) in [6.45, 7) is 1.95. The number of carbonyl (C=O) groups excluding carboxylic acids is 1. The van der Waals surface area contributed by atoms with Gasteiger partial charge < -0.3 is 5.32 Å². The lowest BCUT2D eigenvalue weighted by Crippen LogP contribution is -2.35. The van der Waals surface area contributed by atoms with Gasteiger partial charge >= 0.3 is 0 Å². The molecule has 0 spiro atoms. The molecule has 1 aliphatic rings. The highest BCUT2D eigenvalue weighted by Crippen LogP contribution is 2.12. The first kappa shape index (κ1) is 12.1. The van der Waals surface area contributed by atoms with Crippen LogP contribution in [0.1, 0.15) is 22.3 Å². The molecule has 1 N–H and O–H groups in total. The number of amides is 1. The van der Waals surface area contributed by atoms with Gasteiger partial charge in [-0.15, -0.1) is 0 Å². The Morgan fingerprint density at radius 2 is 1.94 bits per heavy atom. The number of rotatable bonds is 2. The van der Waals surface area contributed by atoms with E-state index in [1.165, 1.54) is 0 Å². The van der Waals surface area contributed by atoms with Crippen molar-refractivity contribution in [3.63, 3.8) is 0 Å². The van der Waals surface area contributed by atoms with Crippen molar-refractivity contribution < 1.29 is 13.2 Å². The minimum Gasteiger partial charge on any atom is -0.348 e. The molecule has 0 aliphatic carbocycles. The van der Waals surface area contributed by atoms with Crippen molar-refractivity contribution in [2.75, 3.05) is 11.5 Å². The van der Waals surface area contributed by atoms with Crippen molar-refractivity contribution in [3.05, 3.63) is 35.4 Å². The van der Waals surface area contributed by atoms with E-state index in [1.807, 2.05) is 19.1 Å². The van der Waals surface area contributed by atoms with Gasteiger partial charge in [-0.2, -0.15) is 0 Å². The third kappa shape index (κ3) is 3.06. The first-order chi connectivity index (χ1) is 7.96. The Hall–Kier alpha value is -1.36. The van der Waals surface area contributed by atoms with Gasteiger partial charge in [0.2, 0.25) is 0 Å². The maximum absolute atomic E-state index is 11.8. The summed E-state index contributed by atoms with van der Waals surface area (Å²) in [6, 6.07) is 6.97. The molecule has 5 heteroatoms. The van der Waals surface area contributed by atoms with Gasteiger partial charge in [-0.25, -0.2) is 8.42 Å². The van der Waals surface area contributed by atoms with Gasteiger partial charge in [-0.05, 0) is 25.5 Å². The molecule has 1 aromatic carbocycles. The van der Waals surface area contributed by atoms with Crippen LogP contribution in [0.3, 0.4) is 0 Å². The summed E-state index contributed by atoms with van der Waals surface area (Å²) >= 11 is 0. The number of hydrogen-bond acceptors (Lipinski definition) is 3. The van der Waals surface area contributed by atoms with Gasteiger partial charge in [-0.1, -0.05) is 17.7 Å². The Morgan fingerprint density at radius 1 is 1.29 bits per heavy atom. The number of benzene rings is 1. The van der Waals surface area contributed by atoms with E-state index in [1.54, 1.807) is 12.1 Å². The molecule has 1 aliphatic heterocycles. The van der Waals surface area contributed by atoms with E-state index in [9.17, 15) is 13.2 Å². The molecule has 1 atom stereocenters. The Bertz CT molecular complexity index is 519. The van der Waals surface area contributed by atoms with Gasteiger partial charge in [0.15, 0.2) is 9.84 Å². The molecular weight excluding hydrogens is 238 g/mol. The second-order valence-corrected chi connectivity index (χ2v) is 6.67. The van der Waals surface area contributed by atoms with Gasteiger partial charge in [0, 0.05) is 11.6 Å². The SMILES string of the molecule is Cc1ccc(C(=O)NC2CCS(=O)(=O)C2)cc1. The Balaban J connectivity index is 2.01. The molecule has 1 aromatic rings. The van der Waals surface area contributed by atoms with Crippen LogP contribution in [0.2, 0.25) is 0 Å². The second-order valence-electron chi connectivity index (χ2n) is 4.44. The lowest BCUT2D eigenvalue weighted by Gasteiger charge is -2.10. The predicted molar refractivity (Wildman–Crippen MR) is 65.7 cm³/mol. The third-order valence-corrected chi connectivity index (χ3v) is 4.65. The first-order valence-electron chi connectivity index (χ1n) is 5.54. The lowest BCUT2D eigenvalue weighted by atomic mass is 10.1. The zero-order valence-electron chi connectivity index (χ0n) is 9.64. The van der Waals surface area contributed by atoms with E-state index in [0.29, 0.717) is 12.0 Å². The van der Waals surface area contributed by atoms with Crippen LogP contribution in [-0.4, -0.2) is 31.9 Å². The van der Waals surface area contributed by atoms with E-state index in [2.05, 4.69) is 5.32 Å². The number of hydrogen-bond donors (Lipinski definition) is 1. The summed E-state index contributed by atoms with van der Waals surface area (Å²) in [4.78, 5) is 11.8. The van der Waals surface area contributed by atoms with Crippen LogP contribution in [0, 0.1) is 6.92 Å². The Kier molecular flexibility index (Phi) is 3.19. The Labute approximate surface area is 101 Å². The fourth-order valence-electron chi connectivity index (χ4n) is 1.88. The normalized spacial score (nSPS) is 22.3. The van der Waals surface area contributed by atoms with Gasteiger partial charge in [0.05, 0.1) is 11.5 Å². The highest BCUT2D eigenvalue weighted by molar-refractivity contribution is 7.91. The second kappa shape index (κ2) is 4.49. The average molecular weight is 253 g/mol. The molecule has 1 amide bonds. The molecular formula is C12H15NO3S. The van der Waals surface area contributed by atoms with E-state index < -0.39 is 9.84 Å². The van der Waals surface area contributed by atoms with E-state index >= 15 is 0 Å². The van der Waals surface area contributed by atoms with Crippen LogP contribution in [-0.2, 0) is 9.84 Å². The van der Waals surface area contributed by atoms with Crippen LogP contribution >= 0.6 is 0 Å². The molecule has 0 saturated carbocycles. The summed E-state index contributed by atoms with van der Waals surface area (Å²) < 4.78 is 22.5. The maximum Gasteiger partial charge on any atom is 0.251 e. The molecule has 0 aromatic heterocycles. The monoisotopic (exact) mass is 253 g/mol. The Morgan fingerprint density at radius 3 is 2.47 bits per heavy atom.